The van der Waals surface area contributed by atoms with Crippen LogP contribution in [0.25, 0.3) is 0 Å². The van der Waals surface area contributed by atoms with Crippen molar-refractivity contribution in [3.05, 3.63) is 41.3 Å². The third kappa shape index (κ3) is 4.34. The Labute approximate surface area is 167 Å². The van der Waals surface area contributed by atoms with Gasteiger partial charge in [0.05, 0.1) is 24.1 Å². The van der Waals surface area contributed by atoms with Crippen LogP contribution in [0.2, 0.25) is 0 Å². The highest BCUT2D eigenvalue weighted by Gasteiger charge is 2.35. The quantitative estimate of drug-likeness (QED) is 0.761. The summed E-state index contributed by atoms with van der Waals surface area (Å²) in [6.45, 7) is 2.84. The summed E-state index contributed by atoms with van der Waals surface area (Å²) in [5.41, 5.74) is 1.57. The largest absolute Gasteiger partial charge is 0.454 e. The fourth-order valence-corrected chi connectivity index (χ4v) is 3.56. The van der Waals surface area contributed by atoms with Crippen LogP contribution in [0.15, 0.2) is 28.8 Å². The van der Waals surface area contributed by atoms with E-state index in [2.05, 4.69) is 10.5 Å². The molecule has 2 aliphatic rings. The third-order valence-corrected chi connectivity index (χ3v) is 5.17. The summed E-state index contributed by atoms with van der Waals surface area (Å²) in [6, 6.07) is 7.17. The van der Waals surface area contributed by atoms with E-state index in [1.54, 1.807) is 24.0 Å². The summed E-state index contributed by atoms with van der Waals surface area (Å²) < 4.78 is 15.7. The van der Waals surface area contributed by atoms with Crippen molar-refractivity contribution >= 4 is 11.8 Å². The van der Waals surface area contributed by atoms with E-state index in [4.69, 9.17) is 14.0 Å². The molecule has 9 nitrogen and oxygen atoms in total. The molecule has 4 rings (SSSR count). The third-order valence-electron chi connectivity index (χ3n) is 5.17. The number of nitrogens with one attached hydrogen (secondary N) is 1. The van der Waals surface area contributed by atoms with Crippen molar-refractivity contribution < 1.29 is 28.7 Å². The molecule has 1 fully saturated rings. The SMILES string of the molecule is Cc1cc(CC(=O)N2CC[C@@H](O)[C@@H](C(=O)NCc3ccc4c(c3)OCO4)C2)on1. The molecule has 9 heteroatoms. The lowest BCUT2D eigenvalue weighted by Crippen LogP contribution is -2.51. The maximum atomic E-state index is 12.7. The molecule has 29 heavy (non-hydrogen) atoms. The fraction of sp³-hybridized carbons (Fsp3) is 0.450. The lowest BCUT2D eigenvalue weighted by molar-refractivity contribution is -0.139. The topological polar surface area (TPSA) is 114 Å². The second-order valence-electron chi connectivity index (χ2n) is 7.32. The molecular formula is C20H23N3O6. The lowest BCUT2D eigenvalue weighted by Gasteiger charge is -2.35. The minimum absolute atomic E-state index is 0.0858. The summed E-state index contributed by atoms with van der Waals surface area (Å²) in [4.78, 5) is 26.8. The number of fused-ring (bicyclic) bond motifs is 1. The van der Waals surface area contributed by atoms with Gasteiger partial charge in [0.15, 0.2) is 11.5 Å². The van der Waals surface area contributed by atoms with Gasteiger partial charge < -0.3 is 29.3 Å². The molecule has 1 saturated heterocycles. The van der Waals surface area contributed by atoms with Gasteiger partial charge in [0, 0.05) is 25.7 Å². The number of rotatable bonds is 5. The molecular weight excluding hydrogens is 378 g/mol. The molecule has 0 bridgehead atoms. The number of piperidine rings is 1. The Morgan fingerprint density at radius 2 is 2.10 bits per heavy atom. The number of aromatic nitrogens is 1. The predicted octanol–water partition coefficient (Wildman–Crippen LogP) is 0.780. The average molecular weight is 401 g/mol. The number of nitrogens with zero attached hydrogens (tertiary/aromatic N) is 2. The Bertz CT molecular complexity index is 911. The van der Waals surface area contributed by atoms with Crippen LogP contribution >= 0.6 is 0 Å². The molecule has 2 aliphatic heterocycles. The summed E-state index contributed by atoms with van der Waals surface area (Å²) in [6.07, 6.45) is -0.352. The van der Waals surface area contributed by atoms with Crippen molar-refractivity contribution in [1.29, 1.82) is 0 Å². The lowest BCUT2D eigenvalue weighted by atomic mass is 9.93. The molecule has 154 valence electrons. The maximum absolute atomic E-state index is 12.7. The standard InChI is InChI=1S/C20H23N3O6/c1-12-6-14(29-22-12)8-19(25)23-5-4-16(24)15(10-23)20(26)21-9-13-2-3-17-18(7-13)28-11-27-17/h2-3,6-7,15-16,24H,4-5,8-11H2,1H3,(H,21,26)/t15-,16+/m0/s1. The smallest absolute Gasteiger partial charge is 0.231 e. The normalized spacial score (nSPS) is 20.6. The number of hydrogen-bond acceptors (Lipinski definition) is 7. The zero-order valence-corrected chi connectivity index (χ0v) is 16.1. The number of aryl methyl sites for hydroxylation is 1. The molecule has 2 amide bonds. The molecule has 2 N–H and O–H groups in total. The highest BCUT2D eigenvalue weighted by molar-refractivity contribution is 5.82. The van der Waals surface area contributed by atoms with E-state index >= 15 is 0 Å². The number of amides is 2. The van der Waals surface area contributed by atoms with Crippen LogP contribution in [0, 0.1) is 12.8 Å². The van der Waals surface area contributed by atoms with Gasteiger partial charge in [0.2, 0.25) is 18.6 Å². The molecule has 0 unspecified atom stereocenters. The number of aliphatic hydroxyl groups is 1. The van der Waals surface area contributed by atoms with Crippen LogP contribution in [-0.4, -0.2) is 53.0 Å². The molecule has 1 aromatic carbocycles. The Morgan fingerprint density at radius 1 is 1.28 bits per heavy atom. The van der Waals surface area contributed by atoms with Gasteiger partial charge in [-0.05, 0) is 31.0 Å². The minimum atomic E-state index is -0.789. The van der Waals surface area contributed by atoms with E-state index in [9.17, 15) is 14.7 Å². The first kappa shape index (κ1) is 19.3. The van der Waals surface area contributed by atoms with E-state index in [1.807, 2.05) is 12.1 Å². The molecule has 0 saturated carbocycles. The van der Waals surface area contributed by atoms with Crippen LogP contribution in [0.5, 0.6) is 11.5 Å². The molecule has 2 atom stereocenters. The van der Waals surface area contributed by atoms with Gasteiger partial charge in [0.25, 0.3) is 0 Å². The summed E-state index contributed by atoms with van der Waals surface area (Å²) in [5.74, 6) is 0.693. The second-order valence-corrected chi connectivity index (χ2v) is 7.32. The van der Waals surface area contributed by atoms with Crippen LogP contribution in [0.4, 0.5) is 0 Å². The first-order valence-electron chi connectivity index (χ1n) is 9.54. The number of aliphatic hydroxyl groups excluding tert-OH is 1. The van der Waals surface area contributed by atoms with E-state index < -0.39 is 12.0 Å². The summed E-state index contributed by atoms with van der Waals surface area (Å²) in [7, 11) is 0. The average Bonchev–Trinajstić information content (AvgIpc) is 3.34. The van der Waals surface area contributed by atoms with Crippen molar-refractivity contribution in [1.82, 2.24) is 15.4 Å². The van der Waals surface area contributed by atoms with Crippen molar-refractivity contribution in [2.75, 3.05) is 19.9 Å². The van der Waals surface area contributed by atoms with Crippen LogP contribution in [0.3, 0.4) is 0 Å². The Balaban J connectivity index is 1.33. The van der Waals surface area contributed by atoms with Crippen LogP contribution in [0.1, 0.15) is 23.4 Å². The van der Waals surface area contributed by atoms with Gasteiger partial charge in [-0.25, -0.2) is 0 Å². The van der Waals surface area contributed by atoms with E-state index in [1.165, 1.54) is 0 Å². The van der Waals surface area contributed by atoms with Gasteiger partial charge in [-0.2, -0.15) is 0 Å². The first-order chi connectivity index (χ1) is 14.0. The highest BCUT2D eigenvalue weighted by Crippen LogP contribution is 2.32. The molecule has 3 heterocycles. The minimum Gasteiger partial charge on any atom is -0.454 e. The Kier molecular flexibility index (Phi) is 5.39. The highest BCUT2D eigenvalue weighted by atomic mass is 16.7. The van der Waals surface area contributed by atoms with Crippen molar-refractivity contribution in [2.24, 2.45) is 5.92 Å². The zero-order valence-electron chi connectivity index (χ0n) is 16.1. The number of carbonyl (C=O) groups excluding carboxylic acids is 2. The van der Waals surface area contributed by atoms with Gasteiger partial charge in [-0.1, -0.05) is 11.2 Å². The summed E-state index contributed by atoms with van der Waals surface area (Å²) in [5, 5.41) is 16.9. The van der Waals surface area contributed by atoms with E-state index in [-0.39, 0.29) is 31.6 Å². The molecule has 1 aromatic heterocycles. The molecule has 2 aromatic rings. The van der Waals surface area contributed by atoms with Gasteiger partial charge in [0.1, 0.15) is 5.76 Å². The molecule has 0 aliphatic carbocycles. The predicted molar refractivity (Wildman–Crippen MR) is 100 cm³/mol. The Morgan fingerprint density at radius 3 is 2.90 bits per heavy atom. The Hall–Kier alpha value is -3.07. The monoisotopic (exact) mass is 401 g/mol. The van der Waals surface area contributed by atoms with Crippen molar-refractivity contribution in [3.63, 3.8) is 0 Å². The van der Waals surface area contributed by atoms with Crippen molar-refractivity contribution in [2.45, 2.75) is 32.4 Å². The van der Waals surface area contributed by atoms with Crippen LogP contribution < -0.4 is 14.8 Å². The second kappa shape index (κ2) is 8.12. The van der Waals surface area contributed by atoms with E-state index in [0.717, 1.165) is 5.56 Å². The number of carbonyl (C=O) groups is 2. The van der Waals surface area contributed by atoms with E-state index in [0.29, 0.717) is 42.5 Å². The van der Waals surface area contributed by atoms with Crippen LogP contribution in [-0.2, 0) is 22.6 Å². The van der Waals surface area contributed by atoms with Crippen molar-refractivity contribution in [3.8, 4) is 11.5 Å². The first-order valence-corrected chi connectivity index (χ1v) is 9.54. The van der Waals surface area contributed by atoms with Gasteiger partial charge in [-0.3, -0.25) is 9.59 Å². The number of benzene rings is 1. The fourth-order valence-electron chi connectivity index (χ4n) is 3.56. The summed E-state index contributed by atoms with van der Waals surface area (Å²) >= 11 is 0. The van der Waals surface area contributed by atoms with Gasteiger partial charge >= 0.3 is 0 Å². The maximum Gasteiger partial charge on any atom is 0.231 e. The molecule has 0 radical (unpaired) electrons. The zero-order chi connectivity index (χ0) is 20.4. The molecule has 0 spiro atoms. The number of ether oxygens (including phenoxy) is 2. The number of hydrogen-bond donors (Lipinski definition) is 2. The number of likely N-dealkylation sites (tertiary alicyclic amines) is 1. The van der Waals surface area contributed by atoms with Gasteiger partial charge in [-0.15, -0.1) is 0 Å².